The molecule has 3 nitrogen and oxygen atoms in total. The van der Waals surface area contributed by atoms with E-state index in [0.29, 0.717) is 6.04 Å². The molecule has 0 spiro atoms. The smallest absolute Gasteiger partial charge is 0.256 e. The van der Waals surface area contributed by atoms with Crippen molar-refractivity contribution in [3.63, 3.8) is 0 Å². The maximum absolute atomic E-state index is 12.4. The van der Waals surface area contributed by atoms with Crippen molar-refractivity contribution in [2.75, 3.05) is 0 Å². The van der Waals surface area contributed by atoms with E-state index in [9.17, 15) is 4.79 Å². The largest absolute Gasteiger partial charge is 0.327 e. The summed E-state index contributed by atoms with van der Waals surface area (Å²) in [5.74, 6) is 0.959. The van der Waals surface area contributed by atoms with Crippen molar-refractivity contribution in [2.45, 2.75) is 44.2 Å². The topological polar surface area (TPSA) is 33.2 Å². The van der Waals surface area contributed by atoms with Crippen LogP contribution in [-0.4, -0.2) is 21.8 Å². The van der Waals surface area contributed by atoms with Crippen LogP contribution < -0.4 is 0 Å². The molecule has 88 valence electrons. The summed E-state index contributed by atoms with van der Waals surface area (Å²) in [5, 5.41) is 0. The molecule has 1 aliphatic carbocycles. The number of nitrogens with zero attached hydrogens (tertiary/aromatic N) is 2. The first kappa shape index (κ1) is 9.63. The highest BCUT2D eigenvalue weighted by Crippen LogP contribution is 2.50. The number of carbonyl (C=O) groups is 1. The lowest BCUT2D eigenvalue weighted by Gasteiger charge is -2.30. The van der Waals surface area contributed by atoms with Gasteiger partial charge >= 0.3 is 0 Å². The molecule has 1 saturated carbocycles. The van der Waals surface area contributed by atoms with Gasteiger partial charge in [-0.25, -0.2) is 0 Å². The summed E-state index contributed by atoms with van der Waals surface area (Å²) in [4.78, 5) is 19.0. The average molecular weight is 228 g/mol. The number of aromatic nitrogens is 1. The summed E-state index contributed by atoms with van der Waals surface area (Å²) < 4.78 is 0. The Balaban J connectivity index is 1.79. The number of amides is 1. The van der Waals surface area contributed by atoms with Gasteiger partial charge in [0.15, 0.2) is 0 Å². The third-order valence-corrected chi connectivity index (χ3v) is 4.71. The first-order chi connectivity index (χ1) is 8.36. The van der Waals surface area contributed by atoms with Crippen LogP contribution in [0, 0.1) is 5.92 Å². The minimum absolute atomic E-state index is 0.229. The number of carbonyl (C=O) groups excluding carboxylic acids is 1. The molecule has 2 aliphatic heterocycles. The van der Waals surface area contributed by atoms with Gasteiger partial charge in [0.1, 0.15) is 0 Å². The van der Waals surface area contributed by atoms with Crippen LogP contribution in [0.5, 0.6) is 0 Å². The number of fused-ring (bicyclic) bond motifs is 5. The van der Waals surface area contributed by atoms with Gasteiger partial charge in [-0.15, -0.1) is 0 Å². The van der Waals surface area contributed by atoms with E-state index in [4.69, 9.17) is 0 Å². The van der Waals surface area contributed by atoms with Crippen molar-refractivity contribution >= 4 is 5.91 Å². The molecule has 4 rings (SSSR count). The molecular formula is C14H16N2O. The predicted molar refractivity (Wildman–Crippen MR) is 63.5 cm³/mol. The van der Waals surface area contributed by atoms with Crippen molar-refractivity contribution < 1.29 is 4.79 Å². The van der Waals surface area contributed by atoms with Gasteiger partial charge in [0.25, 0.3) is 5.91 Å². The fourth-order valence-electron chi connectivity index (χ4n) is 4.00. The first-order valence-electron chi connectivity index (χ1n) is 6.64. The van der Waals surface area contributed by atoms with E-state index in [1.807, 2.05) is 18.3 Å². The SMILES string of the molecule is O=C1c2cccnc2C2CC3CCCCC3N12. The molecule has 0 radical (unpaired) electrons. The number of rotatable bonds is 0. The standard InChI is InChI=1S/C14H16N2O/c17-14-10-5-3-7-15-13(10)12-8-9-4-1-2-6-11(9)16(12)14/h3,5,7,9,11-12H,1-2,4,6,8H2. The summed E-state index contributed by atoms with van der Waals surface area (Å²) in [7, 11) is 0. The average Bonchev–Trinajstić information content (AvgIpc) is 2.88. The summed E-state index contributed by atoms with van der Waals surface area (Å²) in [6.45, 7) is 0. The lowest BCUT2D eigenvalue weighted by Crippen LogP contribution is -2.36. The zero-order valence-electron chi connectivity index (χ0n) is 9.80. The minimum atomic E-state index is 0.229. The molecule has 3 aliphatic rings. The highest BCUT2D eigenvalue weighted by molar-refractivity contribution is 5.99. The maximum atomic E-state index is 12.4. The van der Waals surface area contributed by atoms with Gasteiger partial charge in [-0.3, -0.25) is 9.78 Å². The molecule has 3 heteroatoms. The lowest BCUT2D eigenvalue weighted by molar-refractivity contribution is 0.0664. The van der Waals surface area contributed by atoms with Crippen molar-refractivity contribution in [1.82, 2.24) is 9.88 Å². The number of hydrogen-bond acceptors (Lipinski definition) is 2. The Bertz CT molecular complexity index is 485. The third-order valence-electron chi connectivity index (χ3n) is 4.71. The van der Waals surface area contributed by atoms with Crippen molar-refractivity contribution in [3.8, 4) is 0 Å². The molecular weight excluding hydrogens is 212 g/mol. The van der Waals surface area contributed by atoms with Crippen LogP contribution in [-0.2, 0) is 0 Å². The van der Waals surface area contributed by atoms with Crippen LogP contribution in [0.3, 0.4) is 0 Å². The van der Waals surface area contributed by atoms with E-state index < -0.39 is 0 Å². The molecule has 3 atom stereocenters. The van der Waals surface area contributed by atoms with E-state index in [0.717, 1.165) is 23.6 Å². The van der Waals surface area contributed by atoms with Gasteiger partial charge < -0.3 is 4.90 Å². The van der Waals surface area contributed by atoms with Crippen molar-refractivity contribution in [2.24, 2.45) is 5.92 Å². The third kappa shape index (κ3) is 1.17. The molecule has 0 N–H and O–H groups in total. The highest BCUT2D eigenvalue weighted by Gasteiger charge is 2.50. The van der Waals surface area contributed by atoms with Crippen LogP contribution in [0.15, 0.2) is 18.3 Å². The van der Waals surface area contributed by atoms with E-state index in [1.54, 1.807) is 0 Å². The summed E-state index contributed by atoms with van der Waals surface area (Å²) in [6.07, 6.45) is 8.07. The first-order valence-corrected chi connectivity index (χ1v) is 6.64. The molecule has 0 bridgehead atoms. The van der Waals surface area contributed by atoms with E-state index >= 15 is 0 Å². The van der Waals surface area contributed by atoms with E-state index in [1.165, 1.54) is 25.7 Å². The Labute approximate surface area is 101 Å². The highest BCUT2D eigenvalue weighted by atomic mass is 16.2. The Morgan fingerprint density at radius 2 is 2.18 bits per heavy atom. The molecule has 1 saturated heterocycles. The zero-order chi connectivity index (χ0) is 11.4. The molecule has 2 fully saturated rings. The van der Waals surface area contributed by atoms with Crippen LogP contribution >= 0.6 is 0 Å². The van der Waals surface area contributed by atoms with Gasteiger partial charge in [-0.05, 0) is 37.3 Å². The van der Waals surface area contributed by atoms with Crippen LogP contribution in [0.2, 0.25) is 0 Å². The summed E-state index contributed by atoms with van der Waals surface area (Å²) in [5.41, 5.74) is 1.88. The normalized spacial score (nSPS) is 34.5. The molecule has 3 unspecified atom stereocenters. The Morgan fingerprint density at radius 1 is 1.29 bits per heavy atom. The van der Waals surface area contributed by atoms with Gasteiger partial charge in [-0.2, -0.15) is 0 Å². The Kier molecular flexibility index (Phi) is 1.88. The van der Waals surface area contributed by atoms with Gasteiger partial charge in [-0.1, -0.05) is 12.8 Å². The quantitative estimate of drug-likeness (QED) is 0.683. The molecule has 1 aromatic rings. The monoisotopic (exact) mass is 228 g/mol. The van der Waals surface area contributed by atoms with Gasteiger partial charge in [0.05, 0.1) is 17.3 Å². The van der Waals surface area contributed by atoms with E-state index in [-0.39, 0.29) is 11.9 Å². The van der Waals surface area contributed by atoms with Gasteiger partial charge in [0, 0.05) is 12.2 Å². The van der Waals surface area contributed by atoms with E-state index in [2.05, 4.69) is 9.88 Å². The molecule has 17 heavy (non-hydrogen) atoms. The maximum Gasteiger partial charge on any atom is 0.256 e. The van der Waals surface area contributed by atoms with Crippen LogP contribution in [0.25, 0.3) is 0 Å². The lowest BCUT2D eigenvalue weighted by atomic mass is 9.84. The molecule has 1 amide bonds. The predicted octanol–water partition coefficient (Wildman–Crippen LogP) is 2.54. The molecule has 1 aromatic heterocycles. The second-order valence-corrected chi connectivity index (χ2v) is 5.51. The zero-order valence-corrected chi connectivity index (χ0v) is 9.80. The summed E-state index contributed by atoms with van der Waals surface area (Å²) >= 11 is 0. The Morgan fingerprint density at radius 3 is 3.12 bits per heavy atom. The Hall–Kier alpha value is -1.38. The fraction of sp³-hybridized carbons (Fsp3) is 0.571. The van der Waals surface area contributed by atoms with Crippen LogP contribution in [0.1, 0.15) is 54.2 Å². The second kappa shape index (κ2) is 3.31. The second-order valence-electron chi connectivity index (χ2n) is 5.51. The fourth-order valence-corrected chi connectivity index (χ4v) is 4.00. The van der Waals surface area contributed by atoms with Crippen LogP contribution in [0.4, 0.5) is 0 Å². The minimum Gasteiger partial charge on any atom is -0.327 e. The summed E-state index contributed by atoms with van der Waals surface area (Å²) in [6, 6.07) is 4.58. The van der Waals surface area contributed by atoms with Crippen molar-refractivity contribution in [3.05, 3.63) is 29.6 Å². The van der Waals surface area contributed by atoms with Crippen molar-refractivity contribution in [1.29, 1.82) is 0 Å². The molecule has 3 heterocycles. The number of pyridine rings is 1. The molecule has 0 aromatic carbocycles. The van der Waals surface area contributed by atoms with Gasteiger partial charge in [0.2, 0.25) is 0 Å². The number of hydrogen-bond donors (Lipinski definition) is 0.